The van der Waals surface area contributed by atoms with E-state index in [1.54, 1.807) is 34.5 Å². The third-order valence-electron chi connectivity index (χ3n) is 3.88. The summed E-state index contributed by atoms with van der Waals surface area (Å²) in [5, 5.41) is 5.48. The lowest BCUT2D eigenvalue weighted by Gasteiger charge is -2.19. The summed E-state index contributed by atoms with van der Waals surface area (Å²) in [4.78, 5) is 16.0. The van der Waals surface area contributed by atoms with E-state index in [1.165, 1.54) is 12.3 Å². The third kappa shape index (κ3) is 6.47. The minimum absolute atomic E-state index is 0.0875. The molecule has 10 heteroatoms. The van der Waals surface area contributed by atoms with Crippen molar-refractivity contribution >= 4 is 33.5 Å². The van der Waals surface area contributed by atoms with E-state index in [0.717, 1.165) is 11.3 Å². The topological polar surface area (TPSA) is 97.3 Å². The molecule has 1 aromatic heterocycles. The van der Waals surface area contributed by atoms with Gasteiger partial charge in [0.1, 0.15) is 4.21 Å². The molecule has 158 valence electrons. The highest BCUT2D eigenvalue weighted by Gasteiger charge is 2.14. The number of carbonyl (C=O) groups excluding carboxylic acids is 1. The van der Waals surface area contributed by atoms with Crippen molar-refractivity contribution in [2.24, 2.45) is 5.10 Å². The molecule has 1 aromatic carbocycles. The molecule has 1 heterocycles. The molecule has 0 aliphatic rings. The van der Waals surface area contributed by atoms with E-state index in [2.05, 4.69) is 9.93 Å². The van der Waals surface area contributed by atoms with Crippen LogP contribution in [0.4, 0.5) is 0 Å². The van der Waals surface area contributed by atoms with Crippen LogP contribution in [0.2, 0.25) is 0 Å². The number of benzene rings is 1. The van der Waals surface area contributed by atoms with E-state index < -0.39 is 10.0 Å². The molecule has 0 saturated carbocycles. The normalized spacial score (nSPS) is 11.4. The summed E-state index contributed by atoms with van der Waals surface area (Å²) in [5.74, 6) is 0.777. The van der Waals surface area contributed by atoms with Crippen LogP contribution in [0.25, 0.3) is 0 Å². The molecular weight excluding hydrogens is 414 g/mol. The van der Waals surface area contributed by atoms with Crippen molar-refractivity contribution in [3.63, 3.8) is 0 Å². The summed E-state index contributed by atoms with van der Waals surface area (Å²) in [6.07, 6.45) is 1.37. The smallest absolute Gasteiger partial charge is 0.286 e. The number of hydrogen-bond donors (Lipinski definition) is 1. The molecule has 0 spiro atoms. The number of carbonyl (C=O) groups is 1. The van der Waals surface area contributed by atoms with Gasteiger partial charge in [-0.3, -0.25) is 4.79 Å². The van der Waals surface area contributed by atoms with Crippen molar-refractivity contribution < 1.29 is 22.7 Å². The number of thiophene rings is 1. The number of likely N-dealkylation sites (N-methyl/N-ethyl adjacent to an activating group) is 1. The van der Waals surface area contributed by atoms with Gasteiger partial charge in [0.05, 0.1) is 12.8 Å². The average Bonchev–Trinajstić information content (AvgIpc) is 3.24. The van der Waals surface area contributed by atoms with Gasteiger partial charge < -0.3 is 14.4 Å². The Morgan fingerprint density at radius 2 is 1.93 bits per heavy atom. The quantitative estimate of drug-likeness (QED) is 0.429. The van der Waals surface area contributed by atoms with Gasteiger partial charge in [-0.1, -0.05) is 6.07 Å². The molecule has 0 bridgehead atoms. The molecule has 0 unspecified atom stereocenters. The molecule has 1 N–H and O–H groups in total. The zero-order valence-corrected chi connectivity index (χ0v) is 18.3. The van der Waals surface area contributed by atoms with Crippen molar-refractivity contribution in [2.75, 3.05) is 26.3 Å². The van der Waals surface area contributed by atoms with Gasteiger partial charge >= 0.3 is 0 Å². The Hall–Kier alpha value is -2.59. The number of rotatable bonds is 11. The van der Waals surface area contributed by atoms with Crippen LogP contribution in [-0.4, -0.2) is 51.7 Å². The zero-order chi connectivity index (χ0) is 21.3. The number of sulfonamides is 1. The lowest BCUT2D eigenvalue weighted by molar-refractivity contribution is -0.132. The summed E-state index contributed by atoms with van der Waals surface area (Å²) in [7, 11) is -3.67. The van der Waals surface area contributed by atoms with E-state index in [9.17, 15) is 13.2 Å². The van der Waals surface area contributed by atoms with E-state index >= 15 is 0 Å². The van der Waals surface area contributed by atoms with Crippen LogP contribution >= 0.6 is 11.3 Å². The molecule has 1 amide bonds. The van der Waals surface area contributed by atoms with Gasteiger partial charge in [-0.2, -0.15) is 18.4 Å². The first-order valence-corrected chi connectivity index (χ1v) is 11.5. The SMILES string of the molecule is CCOc1cc(/C=N/NS(=O)(=O)c2cccs2)ccc1OCC(=O)N(CC)CC. The van der Waals surface area contributed by atoms with Crippen molar-refractivity contribution in [2.45, 2.75) is 25.0 Å². The molecule has 0 saturated heterocycles. The van der Waals surface area contributed by atoms with Gasteiger partial charge in [0.15, 0.2) is 18.1 Å². The van der Waals surface area contributed by atoms with Gasteiger partial charge in [-0.25, -0.2) is 0 Å². The van der Waals surface area contributed by atoms with E-state index in [1.807, 2.05) is 20.8 Å². The first-order chi connectivity index (χ1) is 13.9. The fraction of sp³-hybridized carbons (Fsp3) is 0.368. The number of hydrogen-bond acceptors (Lipinski definition) is 7. The van der Waals surface area contributed by atoms with Crippen LogP contribution in [0, 0.1) is 0 Å². The fourth-order valence-electron chi connectivity index (χ4n) is 2.43. The Bertz CT molecular complexity index is 923. The fourth-order valence-corrected chi connectivity index (χ4v) is 4.20. The highest BCUT2D eigenvalue weighted by atomic mass is 32.2. The molecular formula is C19H25N3O5S2. The second-order valence-corrected chi connectivity index (χ2v) is 8.61. The van der Waals surface area contributed by atoms with E-state index in [-0.39, 0.29) is 16.7 Å². The van der Waals surface area contributed by atoms with Gasteiger partial charge in [-0.15, -0.1) is 11.3 Å². The Balaban J connectivity index is 2.07. The Kier molecular flexibility index (Phi) is 8.47. The van der Waals surface area contributed by atoms with Crippen molar-refractivity contribution in [3.8, 4) is 11.5 Å². The maximum atomic E-state index is 12.1. The van der Waals surface area contributed by atoms with Crippen LogP contribution in [0.3, 0.4) is 0 Å². The summed E-state index contributed by atoms with van der Waals surface area (Å²) in [6.45, 7) is 7.21. The van der Waals surface area contributed by atoms with Gasteiger partial charge in [-0.05, 0) is 56.0 Å². The summed E-state index contributed by atoms with van der Waals surface area (Å²) >= 11 is 1.11. The van der Waals surface area contributed by atoms with E-state index in [4.69, 9.17) is 9.47 Å². The number of hydrazone groups is 1. The van der Waals surface area contributed by atoms with Crippen molar-refractivity contribution in [1.82, 2.24) is 9.73 Å². The number of nitrogens with one attached hydrogen (secondary N) is 1. The summed E-state index contributed by atoms with van der Waals surface area (Å²) in [5.41, 5.74) is 0.616. The first kappa shape index (κ1) is 22.7. The Labute approximate surface area is 175 Å². The van der Waals surface area contributed by atoms with Crippen LogP contribution in [0.15, 0.2) is 45.0 Å². The monoisotopic (exact) mass is 439 g/mol. The third-order valence-corrected chi connectivity index (χ3v) is 6.50. The number of ether oxygens (including phenoxy) is 2. The highest BCUT2D eigenvalue weighted by Crippen LogP contribution is 2.28. The predicted molar refractivity (Wildman–Crippen MR) is 113 cm³/mol. The minimum atomic E-state index is -3.67. The lowest BCUT2D eigenvalue weighted by atomic mass is 10.2. The lowest BCUT2D eigenvalue weighted by Crippen LogP contribution is -2.34. The Morgan fingerprint density at radius 1 is 1.17 bits per heavy atom. The molecule has 8 nitrogen and oxygen atoms in total. The Morgan fingerprint density at radius 3 is 2.55 bits per heavy atom. The molecule has 2 aromatic rings. The summed E-state index contributed by atoms with van der Waals surface area (Å²) in [6, 6.07) is 8.18. The first-order valence-electron chi connectivity index (χ1n) is 9.17. The largest absolute Gasteiger partial charge is 0.490 e. The zero-order valence-electron chi connectivity index (χ0n) is 16.6. The maximum absolute atomic E-state index is 12.1. The standard InChI is InChI=1S/C19H25N3O5S2/c1-4-22(5-2)18(23)14-27-16-10-9-15(12-17(16)26-6-3)13-20-21-29(24,25)19-8-7-11-28-19/h7-13,21H,4-6,14H2,1-3H3/b20-13+. The van der Waals surface area contributed by atoms with Gasteiger partial charge in [0.25, 0.3) is 15.9 Å². The van der Waals surface area contributed by atoms with Gasteiger partial charge in [0.2, 0.25) is 0 Å². The van der Waals surface area contributed by atoms with Crippen molar-refractivity contribution in [1.29, 1.82) is 0 Å². The second-order valence-electron chi connectivity index (χ2n) is 5.78. The number of nitrogens with zero attached hydrogens (tertiary/aromatic N) is 2. The highest BCUT2D eigenvalue weighted by molar-refractivity contribution is 7.91. The molecule has 0 radical (unpaired) electrons. The molecule has 29 heavy (non-hydrogen) atoms. The van der Waals surface area contributed by atoms with Crippen LogP contribution < -0.4 is 14.3 Å². The van der Waals surface area contributed by atoms with Crippen LogP contribution in [0.1, 0.15) is 26.3 Å². The van der Waals surface area contributed by atoms with Gasteiger partial charge in [0, 0.05) is 13.1 Å². The summed E-state index contributed by atoms with van der Waals surface area (Å²) < 4.78 is 35.5. The van der Waals surface area contributed by atoms with E-state index in [0.29, 0.717) is 36.8 Å². The second kappa shape index (κ2) is 10.8. The molecule has 0 aliphatic carbocycles. The number of amides is 1. The molecule has 0 atom stereocenters. The van der Waals surface area contributed by atoms with Crippen LogP contribution in [0.5, 0.6) is 11.5 Å². The predicted octanol–water partition coefficient (Wildman–Crippen LogP) is 2.71. The maximum Gasteiger partial charge on any atom is 0.286 e. The minimum Gasteiger partial charge on any atom is -0.490 e. The van der Waals surface area contributed by atoms with Crippen molar-refractivity contribution in [3.05, 3.63) is 41.3 Å². The average molecular weight is 440 g/mol. The molecule has 2 rings (SSSR count). The van der Waals surface area contributed by atoms with Crippen LogP contribution in [-0.2, 0) is 14.8 Å². The molecule has 0 fully saturated rings. The molecule has 0 aliphatic heterocycles.